The van der Waals surface area contributed by atoms with Crippen LogP contribution >= 0.6 is 11.3 Å². The molecule has 2 saturated carbocycles. The van der Waals surface area contributed by atoms with Crippen molar-refractivity contribution in [3.8, 4) is 0 Å². The first-order valence-corrected chi connectivity index (χ1v) is 14.7. The number of thiophene rings is 1. The molecule has 2 aromatic rings. The summed E-state index contributed by atoms with van der Waals surface area (Å²) in [6.45, 7) is 1.34. The fraction of sp³-hybridized carbons (Fsp3) is 0.552. The number of nitrogens with two attached hydrogens (primary N) is 1. The summed E-state index contributed by atoms with van der Waals surface area (Å²) < 4.78 is 0. The zero-order valence-corrected chi connectivity index (χ0v) is 22.2. The van der Waals surface area contributed by atoms with Crippen molar-refractivity contribution in [1.29, 1.82) is 0 Å². The van der Waals surface area contributed by atoms with Crippen molar-refractivity contribution in [3.05, 3.63) is 46.2 Å². The molecular weight excluding hydrogens is 484 g/mol. The Balaban J connectivity index is 1.40. The van der Waals surface area contributed by atoms with Crippen molar-refractivity contribution < 1.29 is 14.4 Å². The lowest BCUT2D eigenvalue weighted by molar-refractivity contribution is -0.116. The van der Waals surface area contributed by atoms with E-state index in [0.717, 1.165) is 44.9 Å². The summed E-state index contributed by atoms with van der Waals surface area (Å²) in [6, 6.07) is 8.87. The number of amides is 3. The van der Waals surface area contributed by atoms with E-state index in [1.165, 1.54) is 24.2 Å². The molecule has 8 heteroatoms. The molecule has 1 aromatic carbocycles. The normalized spacial score (nSPS) is 24.6. The smallest absolute Gasteiger partial charge is 0.268 e. The van der Waals surface area contributed by atoms with E-state index in [1.807, 2.05) is 28.5 Å². The van der Waals surface area contributed by atoms with Gasteiger partial charge < -0.3 is 21.3 Å². The summed E-state index contributed by atoms with van der Waals surface area (Å²) in [4.78, 5) is 42.4. The van der Waals surface area contributed by atoms with E-state index < -0.39 is 0 Å². The third kappa shape index (κ3) is 5.91. The fourth-order valence-electron chi connectivity index (χ4n) is 6.46. The Labute approximate surface area is 223 Å². The molecule has 37 heavy (non-hydrogen) atoms. The highest BCUT2D eigenvalue weighted by Crippen LogP contribution is 2.40. The van der Waals surface area contributed by atoms with Crippen molar-refractivity contribution in [2.75, 3.05) is 23.3 Å². The van der Waals surface area contributed by atoms with Crippen LogP contribution in [0.5, 0.6) is 0 Å². The Morgan fingerprint density at radius 2 is 1.86 bits per heavy atom. The molecule has 3 unspecified atom stereocenters. The van der Waals surface area contributed by atoms with Crippen LogP contribution in [-0.4, -0.2) is 36.9 Å². The average molecular weight is 523 g/mol. The molecule has 2 heterocycles. The van der Waals surface area contributed by atoms with Gasteiger partial charge in [0.1, 0.15) is 0 Å². The van der Waals surface area contributed by atoms with Gasteiger partial charge in [-0.1, -0.05) is 31.7 Å². The number of rotatable bonds is 6. The number of nitrogens with one attached hydrogen (secondary N) is 2. The number of benzene rings is 1. The highest BCUT2D eigenvalue weighted by molar-refractivity contribution is 7.12. The first-order chi connectivity index (χ1) is 18.0. The summed E-state index contributed by atoms with van der Waals surface area (Å²) in [5.74, 6) is 0.934. The minimum absolute atomic E-state index is 0.0766. The average Bonchev–Trinajstić information content (AvgIpc) is 3.43. The van der Waals surface area contributed by atoms with E-state index in [1.54, 1.807) is 12.1 Å². The molecule has 0 bridgehead atoms. The number of nitrogens with zero attached hydrogens (tertiary/aromatic N) is 1. The molecule has 1 aliphatic heterocycles. The molecular formula is C29H38N4O3S. The van der Waals surface area contributed by atoms with Crippen molar-refractivity contribution >= 4 is 40.4 Å². The molecule has 0 spiro atoms. The maximum Gasteiger partial charge on any atom is 0.268 e. The fourth-order valence-corrected chi connectivity index (χ4v) is 7.12. The largest absolute Gasteiger partial charge is 0.352 e. The summed E-state index contributed by atoms with van der Waals surface area (Å²) in [5.41, 5.74) is 7.57. The van der Waals surface area contributed by atoms with E-state index in [0.29, 0.717) is 46.7 Å². The molecule has 4 N–H and O–H groups in total. The minimum Gasteiger partial charge on any atom is -0.352 e. The summed E-state index contributed by atoms with van der Waals surface area (Å²) in [6.07, 6.45) is 10.3. The summed E-state index contributed by atoms with van der Waals surface area (Å²) in [7, 11) is 0. The number of anilines is 2. The lowest BCUT2D eigenvalue weighted by atomic mass is 9.81. The molecule has 1 aromatic heterocycles. The number of hydrogen-bond donors (Lipinski definition) is 3. The first-order valence-electron chi connectivity index (χ1n) is 13.8. The van der Waals surface area contributed by atoms with Gasteiger partial charge in [0.25, 0.3) is 11.8 Å². The maximum absolute atomic E-state index is 13.8. The third-order valence-electron chi connectivity index (χ3n) is 8.44. The van der Waals surface area contributed by atoms with Crippen LogP contribution in [0.2, 0.25) is 0 Å². The van der Waals surface area contributed by atoms with Gasteiger partial charge in [-0.25, -0.2) is 0 Å². The second-order valence-electron chi connectivity index (χ2n) is 10.9. The van der Waals surface area contributed by atoms with Crippen LogP contribution in [0, 0.1) is 17.8 Å². The van der Waals surface area contributed by atoms with Crippen molar-refractivity contribution in [2.45, 2.75) is 70.3 Å². The molecule has 5 rings (SSSR count). The Bertz CT molecular complexity index is 1110. The van der Waals surface area contributed by atoms with Crippen LogP contribution in [0.1, 0.15) is 84.2 Å². The predicted octanol–water partition coefficient (Wildman–Crippen LogP) is 5.18. The first kappa shape index (κ1) is 25.9. The second-order valence-corrected chi connectivity index (χ2v) is 11.9. The zero-order valence-electron chi connectivity index (χ0n) is 21.4. The topological polar surface area (TPSA) is 105 Å². The molecule has 0 saturated heterocycles. The summed E-state index contributed by atoms with van der Waals surface area (Å²) in [5, 5.41) is 8.01. The van der Waals surface area contributed by atoms with Crippen LogP contribution < -0.4 is 21.3 Å². The van der Waals surface area contributed by atoms with Gasteiger partial charge in [0.05, 0.1) is 16.3 Å². The predicted molar refractivity (Wildman–Crippen MR) is 148 cm³/mol. The van der Waals surface area contributed by atoms with Crippen LogP contribution in [0.25, 0.3) is 0 Å². The Hall–Kier alpha value is -2.71. The lowest BCUT2D eigenvalue weighted by Gasteiger charge is -2.37. The Morgan fingerprint density at radius 3 is 2.62 bits per heavy atom. The van der Waals surface area contributed by atoms with Crippen LogP contribution in [0.15, 0.2) is 35.7 Å². The van der Waals surface area contributed by atoms with E-state index in [2.05, 4.69) is 10.6 Å². The third-order valence-corrected chi connectivity index (χ3v) is 9.30. The lowest BCUT2D eigenvalue weighted by Crippen LogP contribution is -2.45. The number of hydrogen-bond acceptors (Lipinski definition) is 5. The van der Waals surface area contributed by atoms with Gasteiger partial charge in [-0.3, -0.25) is 14.4 Å². The monoisotopic (exact) mass is 522 g/mol. The van der Waals surface area contributed by atoms with E-state index in [-0.39, 0.29) is 36.1 Å². The van der Waals surface area contributed by atoms with Crippen molar-refractivity contribution in [2.24, 2.45) is 23.5 Å². The molecule has 3 aliphatic rings. The van der Waals surface area contributed by atoms with Gasteiger partial charge in [0, 0.05) is 24.6 Å². The highest BCUT2D eigenvalue weighted by atomic mass is 32.1. The standard InChI is InChI=1S/C29H38N4O3S/c30-17-19-6-4-7-20(14-19)18-31-28(35)22-11-12-24-23(15-22)32-27(34)16-25(21-8-2-1-3-9-21)33(24)29(36)26-10-5-13-37-26/h5,10-13,15,19-21,25H,1-4,6-9,14,16-18,30H2,(H,31,35)(H,32,34). The Kier molecular flexibility index (Phi) is 8.25. The van der Waals surface area contributed by atoms with Gasteiger partial charge in [-0.2, -0.15) is 0 Å². The van der Waals surface area contributed by atoms with Gasteiger partial charge in [0.15, 0.2) is 0 Å². The maximum atomic E-state index is 13.8. The minimum atomic E-state index is -0.197. The van der Waals surface area contributed by atoms with Gasteiger partial charge in [0.2, 0.25) is 5.91 Å². The Morgan fingerprint density at radius 1 is 1.05 bits per heavy atom. The van der Waals surface area contributed by atoms with Gasteiger partial charge >= 0.3 is 0 Å². The molecule has 198 valence electrons. The summed E-state index contributed by atoms with van der Waals surface area (Å²) >= 11 is 1.42. The molecule has 3 atom stereocenters. The van der Waals surface area contributed by atoms with Crippen LogP contribution in [0.3, 0.4) is 0 Å². The van der Waals surface area contributed by atoms with Gasteiger partial charge in [-0.05, 0) is 86.0 Å². The molecule has 2 fully saturated rings. The number of carbonyl (C=O) groups is 3. The SMILES string of the molecule is NCC1CCCC(CNC(=O)c2ccc3c(c2)NC(=O)CC(C2CCCCC2)N3C(=O)c2cccs2)C1. The second kappa shape index (κ2) is 11.8. The molecule has 7 nitrogen and oxygen atoms in total. The van der Waals surface area contributed by atoms with Crippen LogP contribution in [0.4, 0.5) is 11.4 Å². The molecule has 0 radical (unpaired) electrons. The quantitative estimate of drug-likeness (QED) is 0.486. The molecule has 2 aliphatic carbocycles. The van der Waals surface area contributed by atoms with E-state index in [4.69, 9.17) is 5.73 Å². The van der Waals surface area contributed by atoms with Gasteiger partial charge in [-0.15, -0.1) is 11.3 Å². The zero-order chi connectivity index (χ0) is 25.8. The number of carbonyl (C=O) groups excluding carboxylic acids is 3. The van der Waals surface area contributed by atoms with Crippen LogP contribution in [-0.2, 0) is 4.79 Å². The molecule has 3 amide bonds. The van der Waals surface area contributed by atoms with Crippen molar-refractivity contribution in [3.63, 3.8) is 0 Å². The van der Waals surface area contributed by atoms with Crippen molar-refractivity contribution in [1.82, 2.24) is 5.32 Å². The number of fused-ring (bicyclic) bond motifs is 1. The highest BCUT2D eigenvalue weighted by Gasteiger charge is 2.38. The van der Waals surface area contributed by atoms with E-state index in [9.17, 15) is 14.4 Å². The van der Waals surface area contributed by atoms with E-state index >= 15 is 0 Å².